The molecule has 0 radical (unpaired) electrons. The van der Waals surface area contributed by atoms with E-state index in [1.165, 1.54) is 0 Å². The maximum atomic E-state index is 13.1. The van der Waals surface area contributed by atoms with Crippen LogP contribution in [0.4, 0.5) is 0 Å². The molecule has 1 amide bonds. The summed E-state index contributed by atoms with van der Waals surface area (Å²) in [5.41, 5.74) is 2.48. The predicted molar refractivity (Wildman–Crippen MR) is 119 cm³/mol. The highest BCUT2D eigenvalue weighted by Crippen LogP contribution is 2.40. The van der Waals surface area contributed by atoms with Crippen LogP contribution < -0.4 is 4.74 Å². The van der Waals surface area contributed by atoms with Crippen molar-refractivity contribution in [1.29, 1.82) is 0 Å². The molecule has 162 valence electrons. The van der Waals surface area contributed by atoms with Crippen LogP contribution in [-0.4, -0.2) is 59.9 Å². The Labute approximate surface area is 182 Å². The Morgan fingerprint density at radius 3 is 2.61 bits per heavy atom. The Morgan fingerprint density at radius 1 is 1.16 bits per heavy atom. The third kappa shape index (κ3) is 4.08. The number of hydrogen-bond donors (Lipinski definition) is 1. The molecule has 0 spiro atoms. The number of aliphatic hydroxyl groups is 1. The van der Waals surface area contributed by atoms with Gasteiger partial charge in [0.2, 0.25) is 0 Å². The number of amides is 1. The molecule has 1 saturated heterocycles. The molecular weight excluding hydrogens is 392 g/mol. The molecule has 0 saturated carbocycles. The standard InChI is InChI=1S/C25H28N2O4/c1-16-14-19-15-18(10-11-20(19)31-16)23(28)21-22(17-8-5-4-6-9-17)27(25(30)24(21)29)13-7-12-26(2)3/h4-6,8-11,15-16,22,28H,7,12-14H2,1-3H3/b23-21-. The lowest BCUT2D eigenvalue weighted by atomic mass is 9.94. The van der Waals surface area contributed by atoms with Gasteiger partial charge in [0.05, 0.1) is 11.6 Å². The van der Waals surface area contributed by atoms with Crippen LogP contribution in [0.25, 0.3) is 5.76 Å². The van der Waals surface area contributed by atoms with Gasteiger partial charge >= 0.3 is 0 Å². The van der Waals surface area contributed by atoms with Crippen LogP contribution in [0.2, 0.25) is 0 Å². The van der Waals surface area contributed by atoms with Crippen molar-refractivity contribution in [3.63, 3.8) is 0 Å². The van der Waals surface area contributed by atoms with E-state index in [0.717, 1.165) is 36.3 Å². The van der Waals surface area contributed by atoms with E-state index in [2.05, 4.69) is 0 Å². The number of nitrogens with zero attached hydrogens (tertiary/aromatic N) is 2. The minimum atomic E-state index is -0.638. The summed E-state index contributed by atoms with van der Waals surface area (Å²) in [6, 6.07) is 14.2. The fourth-order valence-electron chi connectivity index (χ4n) is 4.37. The number of carbonyl (C=O) groups is 2. The Kier molecular flexibility index (Phi) is 5.83. The maximum Gasteiger partial charge on any atom is 0.295 e. The SMILES string of the molecule is CC1Cc2cc(/C(O)=C3/C(=O)C(=O)N(CCCN(C)C)C3c3ccccc3)ccc2O1. The number of fused-ring (bicyclic) bond motifs is 1. The first-order chi connectivity index (χ1) is 14.9. The van der Waals surface area contributed by atoms with E-state index >= 15 is 0 Å². The van der Waals surface area contributed by atoms with Crippen molar-refractivity contribution in [3.05, 3.63) is 70.8 Å². The largest absolute Gasteiger partial charge is 0.507 e. The number of carbonyl (C=O) groups excluding carboxylic acids is 2. The Hall–Kier alpha value is -3.12. The summed E-state index contributed by atoms with van der Waals surface area (Å²) in [5.74, 6) is -0.536. The Bertz CT molecular complexity index is 1030. The molecule has 6 nitrogen and oxygen atoms in total. The van der Waals surface area contributed by atoms with Gasteiger partial charge in [-0.05, 0) is 63.3 Å². The molecular formula is C25H28N2O4. The first kappa shape index (κ1) is 21.1. The van der Waals surface area contributed by atoms with E-state index in [9.17, 15) is 14.7 Å². The summed E-state index contributed by atoms with van der Waals surface area (Å²) in [7, 11) is 3.95. The van der Waals surface area contributed by atoms with Crippen molar-refractivity contribution >= 4 is 17.4 Å². The van der Waals surface area contributed by atoms with Crippen molar-refractivity contribution in [3.8, 4) is 5.75 Å². The third-order valence-corrected chi connectivity index (χ3v) is 5.83. The van der Waals surface area contributed by atoms with Crippen molar-refractivity contribution < 1.29 is 19.4 Å². The Balaban J connectivity index is 1.76. The molecule has 2 aliphatic rings. The summed E-state index contributed by atoms with van der Waals surface area (Å²) in [6.45, 7) is 3.23. The van der Waals surface area contributed by atoms with Gasteiger partial charge in [0.15, 0.2) is 0 Å². The van der Waals surface area contributed by atoms with Gasteiger partial charge in [0, 0.05) is 18.5 Å². The molecule has 2 heterocycles. The number of hydrogen-bond acceptors (Lipinski definition) is 5. The van der Waals surface area contributed by atoms with Crippen molar-refractivity contribution in [2.75, 3.05) is 27.2 Å². The van der Waals surface area contributed by atoms with Gasteiger partial charge in [-0.3, -0.25) is 9.59 Å². The van der Waals surface area contributed by atoms with Crippen molar-refractivity contribution in [2.24, 2.45) is 0 Å². The average Bonchev–Trinajstić information content (AvgIpc) is 3.24. The molecule has 0 aromatic heterocycles. The maximum absolute atomic E-state index is 13.1. The molecule has 0 bridgehead atoms. The van der Waals surface area contributed by atoms with E-state index in [1.807, 2.05) is 68.4 Å². The first-order valence-electron chi connectivity index (χ1n) is 10.6. The normalized spacial score (nSPS) is 22.1. The minimum absolute atomic E-state index is 0.0824. The predicted octanol–water partition coefficient (Wildman–Crippen LogP) is 3.38. The molecule has 31 heavy (non-hydrogen) atoms. The highest BCUT2D eigenvalue weighted by molar-refractivity contribution is 6.46. The summed E-state index contributed by atoms with van der Waals surface area (Å²) in [6.07, 6.45) is 1.56. The molecule has 2 aromatic rings. The molecule has 2 atom stereocenters. The van der Waals surface area contributed by atoms with Crippen LogP contribution in [-0.2, 0) is 16.0 Å². The number of Topliss-reactive ketones (excluding diaryl/α,β-unsaturated/α-hetero) is 1. The second kappa shape index (κ2) is 8.55. The summed E-state index contributed by atoms with van der Waals surface area (Å²) in [5, 5.41) is 11.2. The zero-order valence-electron chi connectivity index (χ0n) is 18.2. The molecule has 2 aromatic carbocycles. The molecule has 0 aliphatic carbocycles. The molecule has 6 heteroatoms. The topological polar surface area (TPSA) is 70.1 Å². The fraction of sp³-hybridized carbons (Fsp3) is 0.360. The zero-order chi connectivity index (χ0) is 22.1. The van der Waals surface area contributed by atoms with Crippen molar-refractivity contribution in [1.82, 2.24) is 9.80 Å². The second-order valence-corrected chi connectivity index (χ2v) is 8.52. The second-order valence-electron chi connectivity index (χ2n) is 8.52. The Morgan fingerprint density at radius 2 is 1.90 bits per heavy atom. The molecule has 2 aliphatic heterocycles. The van der Waals surface area contributed by atoms with Gasteiger partial charge in [-0.15, -0.1) is 0 Å². The zero-order valence-corrected chi connectivity index (χ0v) is 18.2. The van der Waals surface area contributed by atoms with Gasteiger partial charge in [-0.1, -0.05) is 30.3 Å². The smallest absolute Gasteiger partial charge is 0.295 e. The number of likely N-dealkylation sites (tertiary alicyclic amines) is 1. The lowest BCUT2D eigenvalue weighted by molar-refractivity contribution is -0.139. The van der Waals surface area contributed by atoms with Gasteiger partial charge in [0.1, 0.15) is 17.6 Å². The number of ether oxygens (including phenoxy) is 1. The van der Waals surface area contributed by atoms with E-state index in [4.69, 9.17) is 4.74 Å². The molecule has 1 N–H and O–H groups in total. The van der Waals surface area contributed by atoms with E-state index < -0.39 is 17.7 Å². The average molecular weight is 421 g/mol. The van der Waals surface area contributed by atoms with E-state index in [-0.39, 0.29) is 17.4 Å². The van der Waals surface area contributed by atoms with Crippen molar-refractivity contribution in [2.45, 2.75) is 31.9 Å². The summed E-state index contributed by atoms with van der Waals surface area (Å²) >= 11 is 0. The highest BCUT2D eigenvalue weighted by atomic mass is 16.5. The number of ketones is 1. The highest BCUT2D eigenvalue weighted by Gasteiger charge is 2.45. The fourth-order valence-corrected chi connectivity index (χ4v) is 4.37. The molecule has 2 unspecified atom stereocenters. The summed E-state index contributed by atoms with van der Waals surface area (Å²) < 4.78 is 5.75. The first-order valence-corrected chi connectivity index (χ1v) is 10.6. The number of aliphatic hydroxyl groups excluding tert-OH is 1. The lowest BCUT2D eigenvalue weighted by Gasteiger charge is -2.26. The number of benzene rings is 2. The summed E-state index contributed by atoms with van der Waals surface area (Å²) in [4.78, 5) is 29.6. The van der Waals surface area contributed by atoms with Crippen LogP contribution in [0.3, 0.4) is 0 Å². The van der Waals surface area contributed by atoms with Gasteiger partial charge < -0.3 is 19.6 Å². The minimum Gasteiger partial charge on any atom is -0.507 e. The van der Waals surface area contributed by atoms with Crippen LogP contribution in [0, 0.1) is 0 Å². The number of rotatable bonds is 6. The van der Waals surface area contributed by atoms with Gasteiger partial charge in [-0.25, -0.2) is 0 Å². The monoisotopic (exact) mass is 420 g/mol. The van der Waals surface area contributed by atoms with E-state index in [1.54, 1.807) is 11.0 Å². The third-order valence-electron chi connectivity index (χ3n) is 5.83. The quantitative estimate of drug-likeness (QED) is 0.441. The van der Waals surface area contributed by atoms with E-state index in [0.29, 0.717) is 12.1 Å². The molecule has 1 fully saturated rings. The molecule has 4 rings (SSSR count). The van der Waals surface area contributed by atoms with Crippen LogP contribution in [0.15, 0.2) is 54.1 Å². The van der Waals surface area contributed by atoms with Gasteiger partial charge in [-0.2, -0.15) is 0 Å². The van der Waals surface area contributed by atoms with Crippen LogP contribution in [0.5, 0.6) is 5.75 Å². The van der Waals surface area contributed by atoms with Crippen LogP contribution >= 0.6 is 0 Å². The van der Waals surface area contributed by atoms with Gasteiger partial charge in [0.25, 0.3) is 11.7 Å². The lowest BCUT2D eigenvalue weighted by Crippen LogP contribution is -2.32. The van der Waals surface area contributed by atoms with Crippen LogP contribution in [0.1, 0.15) is 36.1 Å².